The summed E-state index contributed by atoms with van der Waals surface area (Å²) >= 11 is 0. The van der Waals surface area contributed by atoms with Crippen LogP contribution in [0, 0.1) is 5.82 Å². The molecule has 0 saturated carbocycles. The van der Waals surface area contributed by atoms with E-state index in [1.807, 2.05) is 0 Å². The van der Waals surface area contributed by atoms with Gasteiger partial charge in [-0.3, -0.25) is 4.79 Å². The second-order valence-electron chi connectivity index (χ2n) is 5.01. The maximum Gasteiger partial charge on any atom is 0.246 e. The number of hydrogen-bond acceptors (Lipinski definition) is 3. The van der Waals surface area contributed by atoms with E-state index in [9.17, 15) is 17.6 Å². The molecule has 1 fully saturated rings. The molecule has 0 spiro atoms. The molecule has 1 amide bonds. The lowest BCUT2D eigenvalue weighted by Gasteiger charge is -2.26. The largest absolute Gasteiger partial charge is 0.326 e. The van der Waals surface area contributed by atoms with Gasteiger partial charge in [-0.1, -0.05) is 13.3 Å². The van der Waals surface area contributed by atoms with Gasteiger partial charge < -0.3 is 5.32 Å². The highest BCUT2D eigenvalue weighted by Crippen LogP contribution is 2.25. The van der Waals surface area contributed by atoms with Crippen molar-refractivity contribution in [1.82, 2.24) is 4.31 Å². The first-order valence-corrected chi connectivity index (χ1v) is 8.48. The fourth-order valence-electron chi connectivity index (χ4n) is 2.27. The van der Waals surface area contributed by atoms with Crippen molar-refractivity contribution in [3.05, 3.63) is 24.0 Å². The average Bonchev–Trinajstić information content (AvgIpc) is 2.49. The van der Waals surface area contributed by atoms with Gasteiger partial charge in [0.25, 0.3) is 0 Å². The highest BCUT2D eigenvalue weighted by molar-refractivity contribution is 7.89. The van der Waals surface area contributed by atoms with E-state index in [4.69, 9.17) is 0 Å². The SMILES string of the molecule is CCC(=O)Nc1ccc(F)c(S(=O)(=O)N2CCCCC2)c1. The zero-order valence-electron chi connectivity index (χ0n) is 11.9. The van der Waals surface area contributed by atoms with Gasteiger partial charge in [0.05, 0.1) is 0 Å². The molecule has 1 N–H and O–H groups in total. The van der Waals surface area contributed by atoms with Gasteiger partial charge in [-0.25, -0.2) is 12.8 Å². The number of benzene rings is 1. The molecular formula is C14H19FN2O3S. The summed E-state index contributed by atoms with van der Waals surface area (Å²) in [6, 6.07) is 3.62. The summed E-state index contributed by atoms with van der Waals surface area (Å²) < 4.78 is 40.2. The molecule has 21 heavy (non-hydrogen) atoms. The molecule has 0 aromatic heterocycles. The lowest BCUT2D eigenvalue weighted by molar-refractivity contribution is -0.115. The number of piperidine rings is 1. The van der Waals surface area contributed by atoms with Gasteiger partial charge in [0.15, 0.2) is 0 Å². The monoisotopic (exact) mass is 314 g/mol. The molecule has 1 saturated heterocycles. The Labute approximate surface area is 124 Å². The van der Waals surface area contributed by atoms with Crippen LogP contribution in [-0.4, -0.2) is 31.7 Å². The minimum atomic E-state index is -3.85. The van der Waals surface area contributed by atoms with Crippen LogP contribution in [0.1, 0.15) is 32.6 Å². The lowest BCUT2D eigenvalue weighted by atomic mass is 10.2. The number of hydrogen-bond donors (Lipinski definition) is 1. The van der Waals surface area contributed by atoms with Gasteiger partial charge in [-0.05, 0) is 31.0 Å². The highest BCUT2D eigenvalue weighted by Gasteiger charge is 2.28. The first-order chi connectivity index (χ1) is 9.95. The van der Waals surface area contributed by atoms with Gasteiger partial charge in [-0.15, -0.1) is 0 Å². The molecule has 0 bridgehead atoms. The average molecular weight is 314 g/mol. The summed E-state index contributed by atoms with van der Waals surface area (Å²) in [5.41, 5.74) is 0.291. The van der Waals surface area contributed by atoms with E-state index in [0.717, 1.165) is 25.3 Å². The van der Waals surface area contributed by atoms with Crippen LogP contribution in [0.25, 0.3) is 0 Å². The van der Waals surface area contributed by atoms with Gasteiger partial charge in [-0.2, -0.15) is 4.31 Å². The van der Waals surface area contributed by atoms with Crippen molar-refractivity contribution in [3.8, 4) is 0 Å². The third-order valence-corrected chi connectivity index (χ3v) is 5.38. The smallest absolute Gasteiger partial charge is 0.246 e. The Morgan fingerprint density at radius 3 is 2.57 bits per heavy atom. The molecule has 0 radical (unpaired) electrons. The van der Waals surface area contributed by atoms with E-state index in [1.54, 1.807) is 6.92 Å². The molecule has 1 aromatic rings. The number of carbonyl (C=O) groups excluding carboxylic acids is 1. The quantitative estimate of drug-likeness (QED) is 0.927. The summed E-state index contributed by atoms with van der Waals surface area (Å²) in [5.74, 6) is -1.04. The van der Waals surface area contributed by atoms with Crippen molar-refractivity contribution in [3.63, 3.8) is 0 Å². The number of nitrogens with zero attached hydrogens (tertiary/aromatic N) is 1. The third kappa shape index (κ3) is 3.59. The maximum absolute atomic E-state index is 13.9. The van der Waals surface area contributed by atoms with Gasteiger partial charge in [0.1, 0.15) is 10.7 Å². The van der Waals surface area contributed by atoms with Crippen LogP contribution >= 0.6 is 0 Å². The van der Waals surface area contributed by atoms with E-state index >= 15 is 0 Å². The molecular weight excluding hydrogens is 295 g/mol. The van der Waals surface area contributed by atoms with Crippen LogP contribution in [0.3, 0.4) is 0 Å². The molecule has 1 aliphatic heterocycles. The Hall–Kier alpha value is -1.47. The van der Waals surface area contributed by atoms with Gasteiger partial charge >= 0.3 is 0 Å². The molecule has 0 aliphatic carbocycles. The molecule has 2 rings (SSSR count). The van der Waals surface area contributed by atoms with Crippen LogP contribution in [0.2, 0.25) is 0 Å². The Morgan fingerprint density at radius 1 is 1.29 bits per heavy atom. The summed E-state index contributed by atoms with van der Waals surface area (Å²) in [5, 5.41) is 2.55. The van der Waals surface area contributed by atoms with Crippen molar-refractivity contribution in [2.75, 3.05) is 18.4 Å². The van der Waals surface area contributed by atoms with E-state index in [2.05, 4.69) is 5.32 Å². The lowest BCUT2D eigenvalue weighted by Crippen LogP contribution is -2.36. The first-order valence-electron chi connectivity index (χ1n) is 7.04. The molecule has 1 aliphatic rings. The summed E-state index contributed by atoms with van der Waals surface area (Å²) in [7, 11) is -3.85. The Bertz CT molecular complexity index is 625. The van der Waals surface area contributed by atoms with Gasteiger partial charge in [0, 0.05) is 25.2 Å². The van der Waals surface area contributed by atoms with Crippen LogP contribution in [0.4, 0.5) is 10.1 Å². The summed E-state index contributed by atoms with van der Waals surface area (Å²) in [6.45, 7) is 2.50. The molecule has 1 aromatic carbocycles. The van der Waals surface area contributed by atoms with Crippen LogP contribution in [-0.2, 0) is 14.8 Å². The van der Waals surface area contributed by atoms with Crippen molar-refractivity contribution in [2.24, 2.45) is 0 Å². The predicted molar refractivity (Wildman–Crippen MR) is 77.9 cm³/mol. The second kappa shape index (κ2) is 6.53. The minimum absolute atomic E-state index is 0.247. The topological polar surface area (TPSA) is 66.5 Å². The van der Waals surface area contributed by atoms with Crippen LogP contribution in [0.15, 0.2) is 23.1 Å². The van der Waals surface area contributed by atoms with Crippen LogP contribution in [0.5, 0.6) is 0 Å². The molecule has 1 heterocycles. The minimum Gasteiger partial charge on any atom is -0.326 e. The van der Waals surface area contributed by atoms with Crippen molar-refractivity contribution < 1.29 is 17.6 Å². The van der Waals surface area contributed by atoms with Gasteiger partial charge in [0.2, 0.25) is 15.9 Å². The zero-order valence-corrected chi connectivity index (χ0v) is 12.7. The van der Waals surface area contributed by atoms with Crippen LogP contribution < -0.4 is 5.32 Å². The number of amides is 1. The molecule has 7 heteroatoms. The van der Waals surface area contributed by atoms with Crippen molar-refractivity contribution in [1.29, 1.82) is 0 Å². The van der Waals surface area contributed by atoms with E-state index in [0.29, 0.717) is 18.8 Å². The summed E-state index contributed by atoms with van der Waals surface area (Å²) in [4.78, 5) is 11.0. The van der Waals surface area contributed by atoms with E-state index in [1.165, 1.54) is 16.4 Å². The van der Waals surface area contributed by atoms with E-state index in [-0.39, 0.29) is 17.2 Å². The number of nitrogens with one attached hydrogen (secondary N) is 1. The number of halogens is 1. The number of sulfonamides is 1. The van der Waals surface area contributed by atoms with Crippen molar-refractivity contribution >= 4 is 21.6 Å². The van der Waals surface area contributed by atoms with E-state index < -0.39 is 15.8 Å². The second-order valence-corrected chi connectivity index (χ2v) is 6.92. The maximum atomic E-state index is 13.9. The Morgan fingerprint density at radius 2 is 1.95 bits per heavy atom. The highest BCUT2D eigenvalue weighted by atomic mass is 32.2. The fourth-order valence-corrected chi connectivity index (χ4v) is 3.88. The summed E-state index contributed by atoms with van der Waals surface area (Å²) in [6.07, 6.45) is 2.83. The molecule has 0 unspecified atom stereocenters. The molecule has 5 nitrogen and oxygen atoms in total. The number of anilines is 1. The molecule has 0 atom stereocenters. The Balaban J connectivity index is 2.33. The standard InChI is InChI=1S/C14H19FN2O3S/c1-2-14(18)16-11-6-7-12(15)13(10-11)21(19,20)17-8-4-3-5-9-17/h6-7,10H,2-5,8-9H2,1H3,(H,16,18). The fraction of sp³-hybridized carbons (Fsp3) is 0.500. The zero-order chi connectivity index (χ0) is 15.5. The number of rotatable bonds is 4. The predicted octanol–water partition coefficient (Wildman–Crippen LogP) is 2.35. The first kappa shape index (κ1) is 15.9. The number of carbonyl (C=O) groups is 1. The van der Waals surface area contributed by atoms with Crippen molar-refractivity contribution in [2.45, 2.75) is 37.5 Å². The third-order valence-electron chi connectivity index (χ3n) is 3.47. The Kier molecular flexibility index (Phi) is 4.95. The normalized spacial score (nSPS) is 16.7. The molecule has 116 valence electrons.